The van der Waals surface area contributed by atoms with Crippen molar-refractivity contribution in [2.75, 3.05) is 13.1 Å². The molecule has 9 nitrogen and oxygen atoms in total. The summed E-state index contributed by atoms with van der Waals surface area (Å²) in [6.45, 7) is 6.93. The van der Waals surface area contributed by atoms with E-state index in [-0.39, 0.29) is 11.5 Å². The average molecular weight is 450 g/mol. The van der Waals surface area contributed by atoms with E-state index in [1.165, 1.54) is 4.68 Å². The van der Waals surface area contributed by atoms with E-state index in [0.717, 1.165) is 16.8 Å². The van der Waals surface area contributed by atoms with Gasteiger partial charge in [0.05, 0.1) is 22.7 Å². The second-order valence-corrected chi connectivity index (χ2v) is 8.74. The van der Waals surface area contributed by atoms with Crippen molar-refractivity contribution in [2.24, 2.45) is 0 Å². The molecular formula is C24H27N5O4. The molecule has 1 saturated heterocycles. The van der Waals surface area contributed by atoms with Crippen molar-refractivity contribution in [1.29, 1.82) is 0 Å². The first-order valence-electron chi connectivity index (χ1n) is 11.3. The Morgan fingerprint density at radius 3 is 2.64 bits per heavy atom. The summed E-state index contributed by atoms with van der Waals surface area (Å²) in [5, 5.41) is 16.0. The molecule has 33 heavy (non-hydrogen) atoms. The molecule has 5 rings (SSSR count). The fourth-order valence-corrected chi connectivity index (χ4v) is 4.92. The van der Waals surface area contributed by atoms with E-state index in [4.69, 9.17) is 4.42 Å². The minimum Gasteiger partial charge on any atom is -0.459 e. The number of rotatable bonds is 4. The molecule has 1 fully saturated rings. The average Bonchev–Trinajstić information content (AvgIpc) is 3.34. The third kappa shape index (κ3) is 3.34. The summed E-state index contributed by atoms with van der Waals surface area (Å²) in [7, 11) is 0. The summed E-state index contributed by atoms with van der Waals surface area (Å²) < 4.78 is 8.97. The van der Waals surface area contributed by atoms with Crippen LogP contribution in [-0.2, 0) is 16.9 Å². The van der Waals surface area contributed by atoms with Gasteiger partial charge in [0.1, 0.15) is 17.3 Å². The number of piperidine rings is 1. The van der Waals surface area contributed by atoms with Gasteiger partial charge in [-0.25, -0.2) is 4.68 Å². The lowest BCUT2D eigenvalue weighted by Crippen LogP contribution is -2.48. The van der Waals surface area contributed by atoms with Crippen LogP contribution in [-0.4, -0.2) is 48.3 Å². The molecule has 0 saturated carbocycles. The van der Waals surface area contributed by atoms with Crippen LogP contribution < -0.4 is 5.56 Å². The molecule has 0 aliphatic carbocycles. The molecule has 1 amide bonds. The Bertz CT molecular complexity index is 1390. The molecule has 5 heterocycles. The Kier molecular flexibility index (Phi) is 5.08. The molecule has 0 unspecified atom stereocenters. The summed E-state index contributed by atoms with van der Waals surface area (Å²) in [4.78, 5) is 32.4. The molecule has 9 heteroatoms. The molecule has 1 N–H and O–H groups in total. The van der Waals surface area contributed by atoms with E-state index < -0.39 is 11.6 Å². The van der Waals surface area contributed by atoms with E-state index in [1.807, 2.05) is 24.5 Å². The normalized spacial score (nSPS) is 17.0. The first kappa shape index (κ1) is 21.4. The van der Waals surface area contributed by atoms with Crippen LogP contribution in [0.3, 0.4) is 0 Å². The van der Waals surface area contributed by atoms with Crippen LogP contribution in [0.5, 0.6) is 0 Å². The van der Waals surface area contributed by atoms with Crippen LogP contribution in [0.4, 0.5) is 0 Å². The quantitative estimate of drug-likeness (QED) is 0.514. The second kappa shape index (κ2) is 7.84. The summed E-state index contributed by atoms with van der Waals surface area (Å²) in [6.07, 6.45) is 5.77. The molecule has 1 aliphatic rings. The van der Waals surface area contributed by atoms with Crippen LogP contribution in [0.25, 0.3) is 22.0 Å². The number of pyridine rings is 1. The zero-order valence-corrected chi connectivity index (χ0v) is 19.0. The van der Waals surface area contributed by atoms with Gasteiger partial charge in [0, 0.05) is 38.1 Å². The number of hydrogen-bond donors (Lipinski definition) is 1. The number of carbonyl (C=O) groups excluding carboxylic acids is 1. The van der Waals surface area contributed by atoms with Crippen molar-refractivity contribution in [1.82, 2.24) is 24.2 Å². The Morgan fingerprint density at radius 1 is 1.27 bits per heavy atom. The van der Waals surface area contributed by atoms with Gasteiger partial charge in [0.15, 0.2) is 5.58 Å². The number of aryl methyl sites for hydroxylation is 2. The van der Waals surface area contributed by atoms with E-state index >= 15 is 0 Å². The van der Waals surface area contributed by atoms with E-state index in [2.05, 4.69) is 10.1 Å². The zero-order chi connectivity index (χ0) is 23.3. The van der Waals surface area contributed by atoms with Gasteiger partial charge in [0.25, 0.3) is 5.56 Å². The maximum Gasteiger partial charge on any atom is 0.292 e. The van der Waals surface area contributed by atoms with Gasteiger partial charge in [-0.3, -0.25) is 14.6 Å². The number of amides is 1. The first-order valence-corrected chi connectivity index (χ1v) is 11.3. The molecule has 172 valence electrons. The molecule has 4 aromatic heterocycles. The summed E-state index contributed by atoms with van der Waals surface area (Å²) in [6, 6.07) is 4.76. The number of carbonyl (C=O) groups is 1. The highest BCUT2D eigenvalue weighted by Gasteiger charge is 2.37. The van der Waals surface area contributed by atoms with E-state index in [9.17, 15) is 14.7 Å². The lowest BCUT2D eigenvalue weighted by Gasteiger charge is -2.39. The van der Waals surface area contributed by atoms with Crippen molar-refractivity contribution in [3.05, 3.63) is 58.5 Å². The third-order valence-corrected chi connectivity index (χ3v) is 6.78. The standard InChI is InChI=1S/C24H27N5O4/c1-4-28-19-13-15(2)33-21(19)18-14-26-29(23(31)20(18)28)16(3)22(30)27-11-7-24(32,8-12-27)17-5-9-25-10-6-17/h5-6,9-10,13-14,16,32H,4,7-8,11-12H2,1-3H3/t16-/m0/s1. The monoisotopic (exact) mass is 449 g/mol. The predicted molar refractivity (Wildman–Crippen MR) is 123 cm³/mol. The van der Waals surface area contributed by atoms with Gasteiger partial charge in [-0.05, 0) is 51.3 Å². The first-order chi connectivity index (χ1) is 15.8. The lowest BCUT2D eigenvalue weighted by molar-refractivity contribution is -0.139. The maximum atomic E-state index is 13.4. The molecule has 0 radical (unpaired) electrons. The van der Waals surface area contributed by atoms with E-state index in [1.54, 1.807) is 42.5 Å². The minimum atomic E-state index is -0.981. The van der Waals surface area contributed by atoms with Crippen LogP contribution in [0.1, 0.15) is 44.1 Å². The number of aliphatic hydroxyl groups is 1. The highest BCUT2D eigenvalue weighted by atomic mass is 16.3. The number of furan rings is 1. The number of likely N-dealkylation sites (tertiary alicyclic amines) is 1. The topological polar surface area (TPSA) is 106 Å². The van der Waals surface area contributed by atoms with Crippen LogP contribution in [0.15, 0.2) is 46.0 Å². The predicted octanol–water partition coefficient (Wildman–Crippen LogP) is 2.74. The van der Waals surface area contributed by atoms with E-state index in [0.29, 0.717) is 49.0 Å². The van der Waals surface area contributed by atoms with Crippen molar-refractivity contribution >= 4 is 27.9 Å². The lowest BCUT2D eigenvalue weighted by atomic mass is 9.85. The Labute approximate surface area is 190 Å². The molecule has 0 spiro atoms. The Morgan fingerprint density at radius 2 is 1.97 bits per heavy atom. The molecule has 4 aromatic rings. The summed E-state index contributed by atoms with van der Waals surface area (Å²) >= 11 is 0. The van der Waals surface area contributed by atoms with Gasteiger partial charge < -0.3 is 19.0 Å². The van der Waals surface area contributed by atoms with Gasteiger partial charge in [0.2, 0.25) is 5.91 Å². The minimum absolute atomic E-state index is 0.185. The molecule has 1 aliphatic heterocycles. The SMILES string of the molecule is CCn1c2cc(C)oc2c2cnn([C@@H](C)C(=O)N3CCC(O)(c4ccncc4)CC3)c(=O)c21. The van der Waals surface area contributed by atoms with Crippen molar-refractivity contribution < 1.29 is 14.3 Å². The molecule has 0 aromatic carbocycles. The van der Waals surface area contributed by atoms with Crippen molar-refractivity contribution in [3.8, 4) is 0 Å². The third-order valence-electron chi connectivity index (χ3n) is 6.78. The van der Waals surface area contributed by atoms with Crippen molar-refractivity contribution in [3.63, 3.8) is 0 Å². The van der Waals surface area contributed by atoms with Crippen molar-refractivity contribution in [2.45, 2.75) is 51.8 Å². The summed E-state index contributed by atoms with van der Waals surface area (Å²) in [5.41, 5.74) is 1.50. The Balaban J connectivity index is 1.42. The number of aromatic nitrogens is 4. The van der Waals surface area contributed by atoms with Gasteiger partial charge in [-0.1, -0.05) is 0 Å². The highest BCUT2D eigenvalue weighted by molar-refractivity contribution is 6.04. The fourth-order valence-electron chi connectivity index (χ4n) is 4.92. The largest absolute Gasteiger partial charge is 0.459 e. The van der Waals surface area contributed by atoms with Crippen LogP contribution in [0, 0.1) is 6.92 Å². The molecule has 1 atom stereocenters. The van der Waals surface area contributed by atoms with Crippen LogP contribution in [0.2, 0.25) is 0 Å². The number of nitrogens with zero attached hydrogens (tertiary/aromatic N) is 5. The number of fused-ring (bicyclic) bond motifs is 3. The van der Waals surface area contributed by atoms with Gasteiger partial charge in [-0.2, -0.15) is 5.10 Å². The van der Waals surface area contributed by atoms with Crippen LogP contribution >= 0.6 is 0 Å². The summed E-state index contributed by atoms with van der Waals surface area (Å²) in [5.74, 6) is 0.587. The number of hydrogen-bond acceptors (Lipinski definition) is 6. The zero-order valence-electron chi connectivity index (χ0n) is 19.0. The molecule has 0 bridgehead atoms. The highest BCUT2D eigenvalue weighted by Crippen LogP contribution is 2.33. The second-order valence-electron chi connectivity index (χ2n) is 8.74. The smallest absolute Gasteiger partial charge is 0.292 e. The van der Waals surface area contributed by atoms with Gasteiger partial charge >= 0.3 is 0 Å². The Hall–Kier alpha value is -3.46. The fraction of sp³-hybridized carbons (Fsp3) is 0.417. The van der Waals surface area contributed by atoms with Gasteiger partial charge in [-0.15, -0.1) is 0 Å². The molecular weight excluding hydrogens is 422 g/mol. The maximum absolute atomic E-state index is 13.4.